The molecule has 7 heteroatoms. The molecule has 5 nitrogen and oxygen atoms in total. The monoisotopic (exact) mass is 399 g/mol. The number of methoxy groups -OCH3 is 1. The van der Waals surface area contributed by atoms with Crippen molar-refractivity contribution in [3.63, 3.8) is 0 Å². The molecule has 0 spiro atoms. The average Bonchev–Trinajstić information content (AvgIpc) is 2.94. The molecule has 0 aromatic heterocycles. The van der Waals surface area contributed by atoms with Gasteiger partial charge < -0.3 is 9.47 Å². The molecule has 3 rings (SSSR count). The summed E-state index contributed by atoms with van der Waals surface area (Å²) in [5, 5.41) is -0.321. The third-order valence-corrected chi connectivity index (χ3v) is 4.86. The Balaban J connectivity index is 1.77. The lowest BCUT2D eigenvalue weighted by Crippen LogP contribution is -2.27. The van der Waals surface area contributed by atoms with Crippen molar-refractivity contribution in [2.45, 2.75) is 6.61 Å². The van der Waals surface area contributed by atoms with Gasteiger partial charge in [-0.3, -0.25) is 14.5 Å². The number of carbonyl (C=O) groups is 2. The summed E-state index contributed by atoms with van der Waals surface area (Å²) in [6, 6.07) is 11.3. The predicted molar refractivity (Wildman–Crippen MR) is 107 cm³/mol. The highest BCUT2D eigenvalue weighted by Crippen LogP contribution is 2.34. The molecule has 1 fully saturated rings. The lowest BCUT2D eigenvalue weighted by atomic mass is 10.1. The normalized spacial score (nSPS) is 15.2. The third kappa shape index (κ3) is 4.43. The van der Waals surface area contributed by atoms with Crippen molar-refractivity contribution >= 4 is 29.0 Å². The van der Waals surface area contributed by atoms with Gasteiger partial charge in [0.05, 0.1) is 12.0 Å². The minimum Gasteiger partial charge on any atom is -0.493 e. The van der Waals surface area contributed by atoms with Crippen LogP contribution in [0.1, 0.15) is 11.1 Å². The molecule has 0 atom stereocenters. The molecular formula is C21H18FNO4S. The molecule has 28 heavy (non-hydrogen) atoms. The molecule has 1 aliphatic rings. The number of thioether (sulfide) groups is 1. The number of ether oxygens (including phenoxy) is 2. The average molecular weight is 399 g/mol. The van der Waals surface area contributed by atoms with Crippen LogP contribution in [0.15, 0.2) is 60.0 Å². The van der Waals surface area contributed by atoms with Crippen LogP contribution in [0, 0.1) is 5.82 Å². The first-order valence-electron chi connectivity index (χ1n) is 8.43. The molecule has 144 valence electrons. The molecular weight excluding hydrogens is 381 g/mol. The Morgan fingerprint density at radius 1 is 1.18 bits per heavy atom. The van der Waals surface area contributed by atoms with Crippen molar-refractivity contribution in [1.29, 1.82) is 0 Å². The maximum atomic E-state index is 13.3. The van der Waals surface area contributed by atoms with Gasteiger partial charge in [-0.15, -0.1) is 6.58 Å². The SMILES string of the molecule is C=CCN1C(=O)SC(=Cc2ccc(OCc3cccc(F)c3)c(OC)c2)C1=O. The number of rotatable bonds is 7. The second-order valence-corrected chi connectivity index (χ2v) is 6.90. The van der Waals surface area contributed by atoms with E-state index < -0.39 is 0 Å². The van der Waals surface area contributed by atoms with Crippen LogP contribution in [0.3, 0.4) is 0 Å². The van der Waals surface area contributed by atoms with Gasteiger partial charge in [-0.25, -0.2) is 4.39 Å². The highest BCUT2D eigenvalue weighted by molar-refractivity contribution is 8.18. The zero-order valence-corrected chi connectivity index (χ0v) is 16.0. The van der Waals surface area contributed by atoms with Crippen molar-refractivity contribution in [3.8, 4) is 11.5 Å². The Kier molecular flexibility index (Phi) is 6.16. The molecule has 0 N–H and O–H groups in total. The summed E-state index contributed by atoms with van der Waals surface area (Å²) >= 11 is 0.886. The maximum Gasteiger partial charge on any atom is 0.293 e. The van der Waals surface area contributed by atoms with Gasteiger partial charge in [0.25, 0.3) is 11.1 Å². The van der Waals surface area contributed by atoms with Crippen LogP contribution in [0.5, 0.6) is 11.5 Å². The Labute approximate surface area is 166 Å². The maximum absolute atomic E-state index is 13.3. The quantitative estimate of drug-likeness (QED) is 0.502. The van der Waals surface area contributed by atoms with E-state index in [1.807, 2.05) is 0 Å². The summed E-state index contributed by atoms with van der Waals surface area (Å²) in [5.41, 5.74) is 1.39. The molecule has 1 heterocycles. The summed E-state index contributed by atoms with van der Waals surface area (Å²) in [5.74, 6) is 0.285. The van der Waals surface area contributed by atoms with E-state index in [0.29, 0.717) is 27.5 Å². The van der Waals surface area contributed by atoms with Crippen LogP contribution >= 0.6 is 11.8 Å². The molecule has 1 aliphatic heterocycles. The summed E-state index contributed by atoms with van der Waals surface area (Å²) in [6.07, 6.45) is 3.14. The fourth-order valence-electron chi connectivity index (χ4n) is 2.62. The molecule has 2 aromatic carbocycles. The molecule has 0 unspecified atom stereocenters. The van der Waals surface area contributed by atoms with Crippen LogP contribution in [-0.4, -0.2) is 29.7 Å². The molecule has 0 aliphatic carbocycles. The molecule has 2 aromatic rings. The fourth-order valence-corrected chi connectivity index (χ4v) is 3.47. The summed E-state index contributed by atoms with van der Waals surface area (Å²) in [7, 11) is 1.51. The van der Waals surface area contributed by atoms with Gasteiger partial charge in [0.2, 0.25) is 0 Å². The second-order valence-electron chi connectivity index (χ2n) is 5.91. The van der Waals surface area contributed by atoms with Crippen LogP contribution in [0.25, 0.3) is 6.08 Å². The van der Waals surface area contributed by atoms with Gasteiger partial charge >= 0.3 is 0 Å². The number of hydrogen-bond donors (Lipinski definition) is 0. The standard InChI is InChI=1S/C21H18FNO4S/c1-3-9-23-20(24)19(28-21(23)25)12-14-7-8-17(18(11-14)26-2)27-13-15-5-4-6-16(22)10-15/h3-8,10-12H,1,9,13H2,2H3. The van der Waals surface area contributed by atoms with Crippen molar-refractivity contribution in [3.05, 3.63) is 77.0 Å². The van der Waals surface area contributed by atoms with E-state index >= 15 is 0 Å². The lowest BCUT2D eigenvalue weighted by Gasteiger charge is -2.12. The first kappa shape index (κ1) is 19.7. The van der Waals surface area contributed by atoms with E-state index in [1.165, 1.54) is 25.3 Å². The van der Waals surface area contributed by atoms with E-state index in [2.05, 4.69) is 6.58 Å². The topological polar surface area (TPSA) is 55.8 Å². The zero-order valence-electron chi connectivity index (χ0n) is 15.2. The largest absolute Gasteiger partial charge is 0.493 e. The minimum atomic E-state index is -0.347. The number of amides is 2. The Morgan fingerprint density at radius 3 is 2.71 bits per heavy atom. The molecule has 0 radical (unpaired) electrons. The molecule has 2 amide bonds. The second kappa shape index (κ2) is 8.75. The van der Waals surface area contributed by atoms with Crippen molar-refractivity contribution in [2.75, 3.05) is 13.7 Å². The van der Waals surface area contributed by atoms with E-state index in [-0.39, 0.29) is 30.1 Å². The first-order chi connectivity index (χ1) is 13.5. The predicted octanol–water partition coefficient (Wildman–Crippen LogP) is 4.64. The minimum absolute atomic E-state index is 0.179. The van der Waals surface area contributed by atoms with E-state index in [4.69, 9.17) is 9.47 Å². The lowest BCUT2D eigenvalue weighted by molar-refractivity contribution is -0.122. The number of carbonyl (C=O) groups excluding carboxylic acids is 2. The highest BCUT2D eigenvalue weighted by Gasteiger charge is 2.34. The van der Waals surface area contributed by atoms with E-state index in [9.17, 15) is 14.0 Å². The van der Waals surface area contributed by atoms with Gasteiger partial charge in [-0.05, 0) is 53.2 Å². The third-order valence-electron chi connectivity index (χ3n) is 3.95. The molecule has 1 saturated heterocycles. The van der Waals surface area contributed by atoms with Gasteiger partial charge in [-0.2, -0.15) is 0 Å². The number of hydrogen-bond acceptors (Lipinski definition) is 5. The summed E-state index contributed by atoms with van der Waals surface area (Å²) < 4.78 is 24.4. The molecule has 0 bridgehead atoms. The van der Waals surface area contributed by atoms with Crippen LogP contribution in [0.2, 0.25) is 0 Å². The Hall–Kier alpha value is -3.06. The van der Waals surface area contributed by atoms with Gasteiger partial charge in [0.1, 0.15) is 12.4 Å². The summed E-state index contributed by atoms with van der Waals surface area (Å²) in [6.45, 7) is 3.92. The van der Waals surface area contributed by atoms with Gasteiger partial charge in [0, 0.05) is 6.54 Å². The Bertz CT molecular complexity index is 957. The van der Waals surface area contributed by atoms with Crippen LogP contribution in [0.4, 0.5) is 9.18 Å². The van der Waals surface area contributed by atoms with Crippen LogP contribution < -0.4 is 9.47 Å². The Morgan fingerprint density at radius 2 is 2.00 bits per heavy atom. The zero-order chi connectivity index (χ0) is 20.1. The highest BCUT2D eigenvalue weighted by atomic mass is 32.2. The van der Waals surface area contributed by atoms with Crippen molar-refractivity contribution < 1.29 is 23.5 Å². The van der Waals surface area contributed by atoms with Crippen molar-refractivity contribution in [1.82, 2.24) is 4.90 Å². The van der Waals surface area contributed by atoms with Gasteiger partial charge in [-0.1, -0.05) is 24.3 Å². The van der Waals surface area contributed by atoms with Crippen LogP contribution in [-0.2, 0) is 11.4 Å². The van der Waals surface area contributed by atoms with Crippen molar-refractivity contribution in [2.24, 2.45) is 0 Å². The van der Waals surface area contributed by atoms with E-state index in [0.717, 1.165) is 16.7 Å². The fraction of sp³-hybridized carbons (Fsp3) is 0.143. The summed E-state index contributed by atoms with van der Waals surface area (Å²) in [4.78, 5) is 25.7. The number of nitrogens with zero attached hydrogens (tertiary/aromatic N) is 1. The molecule has 0 saturated carbocycles. The number of halogens is 1. The smallest absolute Gasteiger partial charge is 0.293 e. The number of benzene rings is 2. The number of imide groups is 1. The first-order valence-corrected chi connectivity index (χ1v) is 9.25. The van der Waals surface area contributed by atoms with Gasteiger partial charge in [0.15, 0.2) is 11.5 Å². The van der Waals surface area contributed by atoms with E-state index in [1.54, 1.807) is 36.4 Å².